The van der Waals surface area contributed by atoms with Crippen LogP contribution in [0.25, 0.3) is 17.0 Å². The molecule has 25 heavy (non-hydrogen) atoms. The van der Waals surface area contributed by atoms with Crippen molar-refractivity contribution in [3.63, 3.8) is 0 Å². The first-order valence-corrected chi connectivity index (χ1v) is 7.91. The number of ketones is 1. The average Bonchev–Trinajstić information content (AvgIpc) is 3.19. The lowest BCUT2D eigenvalue weighted by atomic mass is 10.2. The molecule has 0 radical (unpaired) electrons. The number of imidazole rings is 1. The molecule has 0 amide bonds. The third kappa shape index (κ3) is 2.74. The van der Waals surface area contributed by atoms with Gasteiger partial charge >= 0.3 is 0 Å². The Hall–Kier alpha value is -3.19. The minimum atomic E-state index is -0.112. The largest absolute Gasteiger partial charge is 0.383 e. The van der Waals surface area contributed by atoms with Crippen LogP contribution in [0.2, 0.25) is 5.15 Å². The van der Waals surface area contributed by atoms with Gasteiger partial charge in [0.05, 0.1) is 23.8 Å². The number of pyridine rings is 1. The Kier molecular flexibility index (Phi) is 3.70. The number of benzene rings is 1. The van der Waals surface area contributed by atoms with Crippen LogP contribution in [0.3, 0.4) is 0 Å². The summed E-state index contributed by atoms with van der Waals surface area (Å²) >= 11 is 5.78. The van der Waals surface area contributed by atoms with Gasteiger partial charge in [0.2, 0.25) is 5.95 Å². The van der Waals surface area contributed by atoms with Crippen molar-refractivity contribution in [3.05, 3.63) is 65.6 Å². The van der Waals surface area contributed by atoms with Crippen molar-refractivity contribution in [2.45, 2.75) is 6.54 Å². The Morgan fingerprint density at radius 2 is 2.00 bits per heavy atom. The summed E-state index contributed by atoms with van der Waals surface area (Å²) in [6, 6.07) is 12.5. The molecule has 3 heterocycles. The Bertz CT molecular complexity index is 1070. The summed E-state index contributed by atoms with van der Waals surface area (Å²) in [6.45, 7) is 0.0818. The van der Waals surface area contributed by atoms with E-state index in [1.54, 1.807) is 29.0 Å². The molecule has 0 aliphatic carbocycles. The fraction of sp³-hybridized carbons (Fsp3) is 0.0588. The molecular weight excluding hydrogens is 340 g/mol. The first-order chi connectivity index (χ1) is 12.1. The predicted octanol–water partition coefficient (Wildman–Crippen LogP) is 2.74. The minimum Gasteiger partial charge on any atom is -0.383 e. The number of hydrogen-bond acceptors (Lipinski definition) is 5. The van der Waals surface area contributed by atoms with Crippen LogP contribution in [-0.2, 0) is 6.54 Å². The summed E-state index contributed by atoms with van der Waals surface area (Å²) in [5.41, 5.74) is 8.01. The van der Waals surface area contributed by atoms with Crippen molar-refractivity contribution in [2.75, 3.05) is 5.73 Å². The second-order valence-corrected chi connectivity index (χ2v) is 5.83. The fourth-order valence-electron chi connectivity index (χ4n) is 2.64. The van der Waals surface area contributed by atoms with Crippen molar-refractivity contribution >= 4 is 34.2 Å². The molecule has 0 fully saturated rings. The van der Waals surface area contributed by atoms with Crippen molar-refractivity contribution < 1.29 is 4.79 Å². The standard InChI is InChI=1S/C17H13ClN6O/c18-15-6-5-11(9-20-15)14(25)10-23-13-4-2-1-3-12(13)22-17(23)24-16(19)7-8-21-24/h1-9H,10,19H2. The number of nitrogens with two attached hydrogens (primary N) is 1. The number of nitrogen functional groups attached to an aromatic ring is 1. The SMILES string of the molecule is Nc1ccnn1-c1nc2ccccc2n1CC(=O)c1ccc(Cl)nc1. The lowest BCUT2D eigenvalue weighted by Gasteiger charge is -2.09. The number of hydrogen-bond donors (Lipinski definition) is 1. The van der Waals surface area contributed by atoms with E-state index in [0.717, 1.165) is 11.0 Å². The van der Waals surface area contributed by atoms with E-state index in [1.165, 1.54) is 10.9 Å². The maximum atomic E-state index is 12.7. The van der Waals surface area contributed by atoms with E-state index < -0.39 is 0 Å². The molecule has 7 nitrogen and oxygen atoms in total. The fourth-order valence-corrected chi connectivity index (χ4v) is 2.75. The highest BCUT2D eigenvalue weighted by Crippen LogP contribution is 2.21. The Balaban J connectivity index is 1.81. The van der Waals surface area contributed by atoms with Crippen LogP contribution in [-0.4, -0.2) is 30.1 Å². The molecule has 0 aliphatic heterocycles. The molecule has 2 N–H and O–H groups in total. The maximum absolute atomic E-state index is 12.7. The number of aromatic nitrogens is 5. The van der Waals surface area contributed by atoms with Gasteiger partial charge in [-0.15, -0.1) is 0 Å². The van der Waals surface area contributed by atoms with Crippen LogP contribution >= 0.6 is 11.6 Å². The van der Waals surface area contributed by atoms with Gasteiger partial charge in [0.15, 0.2) is 5.78 Å². The normalized spacial score (nSPS) is 11.1. The van der Waals surface area contributed by atoms with Crippen LogP contribution in [0.1, 0.15) is 10.4 Å². The Morgan fingerprint density at radius 1 is 1.16 bits per heavy atom. The summed E-state index contributed by atoms with van der Waals surface area (Å²) in [5, 5.41) is 4.54. The highest BCUT2D eigenvalue weighted by Gasteiger charge is 2.17. The number of anilines is 1. The number of Topliss-reactive ketones (excluding diaryl/α,β-unsaturated/α-hetero) is 1. The summed E-state index contributed by atoms with van der Waals surface area (Å²) in [6.07, 6.45) is 3.05. The molecule has 0 atom stereocenters. The van der Waals surface area contributed by atoms with Crippen LogP contribution in [0.4, 0.5) is 5.82 Å². The Labute approximate surface area is 147 Å². The summed E-state index contributed by atoms with van der Waals surface area (Å²) < 4.78 is 3.29. The zero-order chi connectivity index (χ0) is 17.4. The Morgan fingerprint density at radius 3 is 2.72 bits per heavy atom. The molecule has 0 saturated carbocycles. The number of rotatable bonds is 4. The average molecular weight is 353 g/mol. The highest BCUT2D eigenvalue weighted by molar-refractivity contribution is 6.29. The second-order valence-electron chi connectivity index (χ2n) is 5.45. The van der Waals surface area contributed by atoms with E-state index in [1.807, 2.05) is 24.3 Å². The van der Waals surface area contributed by atoms with Crippen LogP contribution in [0.15, 0.2) is 54.9 Å². The summed E-state index contributed by atoms with van der Waals surface area (Å²) in [7, 11) is 0. The van der Waals surface area contributed by atoms with E-state index >= 15 is 0 Å². The lowest BCUT2D eigenvalue weighted by Crippen LogP contribution is -2.16. The lowest BCUT2D eigenvalue weighted by molar-refractivity contribution is 0.0972. The number of carbonyl (C=O) groups is 1. The van der Waals surface area contributed by atoms with Crippen molar-refractivity contribution in [3.8, 4) is 5.95 Å². The molecule has 4 aromatic rings. The van der Waals surface area contributed by atoms with Crippen LogP contribution in [0.5, 0.6) is 0 Å². The first-order valence-electron chi connectivity index (χ1n) is 7.53. The van der Waals surface area contributed by atoms with Gasteiger partial charge in [-0.2, -0.15) is 9.78 Å². The molecule has 3 aromatic heterocycles. The van der Waals surface area contributed by atoms with Gasteiger partial charge in [0.25, 0.3) is 0 Å². The van der Waals surface area contributed by atoms with Gasteiger partial charge in [-0.3, -0.25) is 4.79 Å². The maximum Gasteiger partial charge on any atom is 0.234 e. The monoisotopic (exact) mass is 352 g/mol. The summed E-state index contributed by atoms with van der Waals surface area (Å²) in [5.74, 6) is 0.815. The van der Waals surface area contributed by atoms with E-state index in [9.17, 15) is 4.79 Å². The van der Waals surface area contributed by atoms with Crippen LogP contribution < -0.4 is 5.73 Å². The van der Waals surface area contributed by atoms with E-state index in [0.29, 0.717) is 22.5 Å². The molecule has 0 unspecified atom stereocenters. The minimum absolute atomic E-state index is 0.0818. The topological polar surface area (TPSA) is 91.6 Å². The second kappa shape index (κ2) is 6.03. The third-order valence-corrected chi connectivity index (χ3v) is 4.07. The van der Waals surface area contributed by atoms with Crippen molar-refractivity contribution in [2.24, 2.45) is 0 Å². The third-order valence-electron chi connectivity index (χ3n) is 3.85. The van der Waals surface area contributed by atoms with E-state index in [-0.39, 0.29) is 12.3 Å². The first kappa shape index (κ1) is 15.3. The number of fused-ring (bicyclic) bond motifs is 1. The van der Waals surface area contributed by atoms with Gasteiger partial charge < -0.3 is 10.3 Å². The zero-order valence-electron chi connectivity index (χ0n) is 13.0. The molecule has 124 valence electrons. The van der Waals surface area contributed by atoms with E-state index in [2.05, 4.69) is 15.1 Å². The quantitative estimate of drug-likeness (QED) is 0.450. The summed E-state index contributed by atoms with van der Waals surface area (Å²) in [4.78, 5) is 21.2. The highest BCUT2D eigenvalue weighted by atomic mass is 35.5. The number of para-hydroxylation sites is 2. The number of carbonyl (C=O) groups excluding carboxylic acids is 1. The van der Waals surface area contributed by atoms with Crippen molar-refractivity contribution in [1.82, 2.24) is 24.3 Å². The number of nitrogens with zero attached hydrogens (tertiary/aromatic N) is 5. The van der Waals surface area contributed by atoms with E-state index in [4.69, 9.17) is 17.3 Å². The smallest absolute Gasteiger partial charge is 0.234 e. The molecule has 1 aromatic carbocycles. The van der Waals surface area contributed by atoms with Crippen LogP contribution in [0, 0.1) is 0 Å². The zero-order valence-corrected chi connectivity index (χ0v) is 13.8. The molecule has 0 saturated heterocycles. The van der Waals surface area contributed by atoms with Gasteiger partial charge in [0.1, 0.15) is 11.0 Å². The number of halogens is 1. The van der Waals surface area contributed by atoms with Gasteiger partial charge in [-0.1, -0.05) is 23.7 Å². The molecule has 8 heteroatoms. The molecule has 0 aliphatic rings. The van der Waals surface area contributed by atoms with Gasteiger partial charge in [-0.05, 0) is 24.3 Å². The van der Waals surface area contributed by atoms with Crippen molar-refractivity contribution in [1.29, 1.82) is 0 Å². The van der Waals surface area contributed by atoms with Gasteiger partial charge in [-0.25, -0.2) is 9.97 Å². The molecule has 0 bridgehead atoms. The molecule has 4 rings (SSSR count). The van der Waals surface area contributed by atoms with Gasteiger partial charge in [0, 0.05) is 17.8 Å². The predicted molar refractivity (Wildman–Crippen MR) is 94.8 cm³/mol. The molecular formula is C17H13ClN6O. The molecule has 0 spiro atoms.